The number of nitrogens with zero attached hydrogens (tertiary/aromatic N) is 2. The van der Waals surface area contributed by atoms with Gasteiger partial charge in [-0.05, 0) is 49.2 Å². The highest BCUT2D eigenvalue weighted by atomic mass is 32.2. The van der Waals surface area contributed by atoms with E-state index in [1.807, 2.05) is 0 Å². The Kier molecular flexibility index (Phi) is 5.69. The van der Waals surface area contributed by atoms with Gasteiger partial charge in [-0.3, -0.25) is 14.6 Å². The fourth-order valence-electron chi connectivity index (χ4n) is 3.72. The summed E-state index contributed by atoms with van der Waals surface area (Å²) in [7, 11) is -4.06. The first-order valence-corrected chi connectivity index (χ1v) is 11.3. The number of piperidine rings is 1. The van der Waals surface area contributed by atoms with Crippen LogP contribution in [0.25, 0.3) is 10.8 Å². The molecule has 0 saturated carbocycles. The molecule has 0 atom stereocenters. The molecule has 0 radical (unpaired) electrons. The Morgan fingerprint density at radius 3 is 2.45 bits per heavy atom. The number of sulfonamides is 1. The second-order valence-corrected chi connectivity index (χ2v) is 9.05. The molecule has 1 fully saturated rings. The van der Waals surface area contributed by atoms with Crippen molar-refractivity contribution in [1.29, 1.82) is 0 Å². The Balaban J connectivity index is 1.42. The maximum absolute atomic E-state index is 13.1. The van der Waals surface area contributed by atoms with Gasteiger partial charge in [0, 0.05) is 47.7 Å². The minimum atomic E-state index is -4.06. The van der Waals surface area contributed by atoms with E-state index in [1.165, 1.54) is 36.5 Å². The van der Waals surface area contributed by atoms with Crippen LogP contribution in [-0.2, 0) is 14.8 Å². The van der Waals surface area contributed by atoms with Gasteiger partial charge < -0.3 is 4.90 Å². The molecule has 0 aliphatic carbocycles. The molecule has 9 heteroatoms. The highest BCUT2D eigenvalue weighted by molar-refractivity contribution is 7.90. The fraction of sp³-hybridized carbons (Fsp3) is 0.227. The van der Waals surface area contributed by atoms with Crippen molar-refractivity contribution in [1.82, 2.24) is 14.6 Å². The van der Waals surface area contributed by atoms with Gasteiger partial charge in [0.25, 0.3) is 15.9 Å². The zero-order chi connectivity index (χ0) is 22.0. The van der Waals surface area contributed by atoms with Crippen LogP contribution >= 0.6 is 0 Å². The molecule has 1 aliphatic heterocycles. The van der Waals surface area contributed by atoms with E-state index in [9.17, 15) is 22.4 Å². The number of benzene rings is 2. The monoisotopic (exact) mass is 441 g/mol. The molecule has 31 heavy (non-hydrogen) atoms. The minimum absolute atomic E-state index is 0.0182. The molecular weight excluding hydrogens is 421 g/mol. The molecule has 1 saturated heterocycles. The zero-order valence-electron chi connectivity index (χ0n) is 16.5. The molecule has 0 bridgehead atoms. The van der Waals surface area contributed by atoms with E-state index < -0.39 is 27.7 Å². The van der Waals surface area contributed by atoms with Crippen LogP contribution < -0.4 is 4.72 Å². The summed E-state index contributed by atoms with van der Waals surface area (Å²) in [6, 6.07) is 11.7. The summed E-state index contributed by atoms with van der Waals surface area (Å²) in [4.78, 5) is 30.8. The summed E-state index contributed by atoms with van der Waals surface area (Å²) in [5, 5.41) is 1.14. The quantitative estimate of drug-likeness (QED) is 0.672. The van der Waals surface area contributed by atoms with Gasteiger partial charge in [0.05, 0.1) is 4.90 Å². The molecule has 2 amide bonds. The van der Waals surface area contributed by atoms with Crippen LogP contribution in [0.4, 0.5) is 4.39 Å². The second-order valence-electron chi connectivity index (χ2n) is 7.40. The molecule has 160 valence electrons. The van der Waals surface area contributed by atoms with Crippen LogP contribution in [0.3, 0.4) is 0 Å². The number of hydrogen-bond acceptors (Lipinski definition) is 5. The first-order chi connectivity index (χ1) is 14.8. The highest BCUT2D eigenvalue weighted by Gasteiger charge is 2.30. The predicted octanol–water partition coefficient (Wildman–Crippen LogP) is 2.73. The standard InChI is InChI=1S/C22H20FN3O4S/c23-18-6-4-16(5-7-18)22(28)26-12-9-15(10-13-26)21(27)25-31(29,30)20-3-1-2-17-14-24-11-8-19(17)20/h1-8,11,14-15H,9-10,12-13H2,(H,25,27). The Hall–Kier alpha value is -3.33. The number of aromatic nitrogens is 1. The topological polar surface area (TPSA) is 96.4 Å². The van der Waals surface area contributed by atoms with Gasteiger partial charge in [-0.1, -0.05) is 12.1 Å². The van der Waals surface area contributed by atoms with E-state index in [1.54, 1.807) is 29.3 Å². The van der Waals surface area contributed by atoms with E-state index in [4.69, 9.17) is 0 Å². The second kappa shape index (κ2) is 8.43. The van der Waals surface area contributed by atoms with Crippen LogP contribution in [0.2, 0.25) is 0 Å². The van der Waals surface area contributed by atoms with Gasteiger partial charge >= 0.3 is 0 Å². The average molecular weight is 441 g/mol. The van der Waals surface area contributed by atoms with Crippen molar-refractivity contribution in [2.45, 2.75) is 17.7 Å². The number of fused-ring (bicyclic) bond motifs is 1. The molecular formula is C22H20FN3O4S. The number of pyridine rings is 1. The molecule has 2 aromatic carbocycles. The minimum Gasteiger partial charge on any atom is -0.339 e. The zero-order valence-corrected chi connectivity index (χ0v) is 17.3. The van der Waals surface area contributed by atoms with Crippen molar-refractivity contribution in [2.75, 3.05) is 13.1 Å². The number of nitrogens with one attached hydrogen (secondary N) is 1. The molecule has 1 N–H and O–H groups in total. The maximum Gasteiger partial charge on any atom is 0.264 e. The van der Waals surface area contributed by atoms with E-state index in [0.29, 0.717) is 42.3 Å². The fourth-order valence-corrected chi connectivity index (χ4v) is 4.99. The van der Waals surface area contributed by atoms with E-state index >= 15 is 0 Å². The first kappa shape index (κ1) is 20.9. The van der Waals surface area contributed by atoms with Crippen molar-refractivity contribution in [2.24, 2.45) is 5.92 Å². The largest absolute Gasteiger partial charge is 0.339 e. The molecule has 7 nitrogen and oxygen atoms in total. The van der Waals surface area contributed by atoms with Crippen LogP contribution in [0.5, 0.6) is 0 Å². The summed E-state index contributed by atoms with van der Waals surface area (Å²) in [6.07, 6.45) is 3.74. The summed E-state index contributed by atoms with van der Waals surface area (Å²) in [6.45, 7) is 0.628. The van der Waals surface area contributed by atoms with Crippen molar-refractivity contribution in [3.05, 3.63) is 72.3 Å². The van der Waals surface area contributed by atoms with Crippen molar-refractivity contribution in [3.63, 3.8) is 0 Å². The third kappa shape index (κ3) is 4.41. The third-order valence-corrected chi connectivity index (χ3v) is 6.81. The number of hydrogen-bond donors (Lipinski definition) is 1. The Morgan fingerprint density at radius 1 is 1.03 bits per heavy atom. The molecule has 1 aromatic heterocycles. The highest BCUT2D eigenvalue weighted by Crippen LogP contribution is 2.24. The number of carbonyl (C=O) groups is 2. The summed E-state index contributed by atoms with van der Waals surface area (Å²) in [5.41, 5.74) is 0.373. The molecule has 0 unspecified atom stereocenters. The summed E-state index contributed by atoms with van der Waals surface area (Å²) in [5.74, 6) is -1.77. The molecule has 4 rings (SSSR count). The lowest BCUT2D eigenvalue weighted by molar-refractivity contribution is -0.124. The van der Waals surface area contributed by atoms with Gasteiger partial charge in [0.2, 0.25) is 5.91 Å². The smallest absolute Gasteiger partial charge is 0.264 e. The van der Waals surface area contributed by atoms with Gasteiger partial charge in [0.15, 0.2) is 0 Å². The number of amides is 2. The van der Waals surface area contributed by atoms with E-state index in [0.717, 1.165) is 0 Å². The average Bonchev–Trinajstić information content (AvgIpc) is 2.78. The Labute approximate surface area is 178 Å². The van der Waals surface area contributed by atoms with Gasteiger partial charge in [-0.15, -0.1) is 0 Å². The summed E-state index contributed by atoms with van der Waals surface area (Å²) < 4.78 is 40.9. The molecule has 1 aliphatic rings. The van der Waals surface area contributed by atoms with E-state index in [-0.39, 0.29) is 10.8 Å². The summed E-state index contributed by atoms with van der Waals surface area (Å²) >= 11 is 0. The molecule has 3 aromatic rings. The Morgan fingerprint density at radius 2 is 1.74 bits per heavy atom. The predicted molar refractivity (Wildman–Crippen MR) is 112 cm³/mol. The lowest BCUT2D eigenvalue weighted by Gasteiger charge is -2.31. The lowest BCUT2D eigenvalue weighted by atomic mass is 9.96. The van der Waals surface area contributed by atoms with Gasteiger partial charge in [-0.25, -0.2) is 17.5 Å². The number of carbonyl (C=O) groups excluding carboxylic acids is 2. The normalized spacial score (nSPS) is 15.1. The number of likely N-dealkylation sites (tertiary alicyclic amines) is 1. The van der Waals surface area contributed by atoms with Gasteiger partial charge in [0.1, 0.15) is 5.82 Å². The van der Waals surface area contributed by atoms with E-state index in [2.05, 4.69) is 9.71 Å². The maximum atomic E-state index is 13.1. The lowest BCUT2D eigenvalue weighted by Crippen LogP contribution is -2.44. The molecule has 0 spiro atoms. The number of halogens is 1. The Bertz CT molecular complexity index is 1230. The first-order valence-electron chi connectivity index (χ1n) is 9.79. The van der Waals surface area contributed by atoms with Crippen LogP contribution in [0.15, 0.2) is 65.8 Å². The van der Waals surface area contributed by atoms with Crippen molar-refractivity contribution in [3.8, 4) is 0 Å². The molecule has 2 heterocycles. The van der Waals surface area contributed by atoms with Gasteiger partial charge in [-0.2, -0.15) is 0 Å². The van der Waals surface area contributed by atoms with Crippen LogP contribution in [0, 0.1) is 11.7 Å². The van der Waals surface area contributed by atoms with Crippen molar-refractivity contribution < 1.29 is 22.4 Å². The van der Waals surface area contributed by atoms with Crippen molar-refractivity contribution >= 4 is 32.6 Å². The third-order valence-electron chi connectivity index (χ3n) is 5.41. The van der Waals surface area contributed by atoms with Crippen LogP contribution in [0.1, 0.15) is 23.2 Å². The number of rotatable bonds is 4. The SMILES string of the molecule is O=C(NS(=O)(=O)c1cccc2cnccc12)C1CCN(C(=O)c2ccc(F)cc2)CC1. The van der Waals surface area contributed by atoms with Crippen LogP contribution in [-0.4, -0.2) is 43.2 Å².